The fourth-order valence-corrected chi connectivity index (χ4v) is 0. The Balaban J connectivity index is 0. The van der Waals surface area contributed by atoms with Gasteiger partial charge in [-0.15, -0.1) is 0 Å². The first-order valence-corrected chi connectivity index (χ1v) is 1.02. The summed E-state index contributed by atoms with van der Waals surface area (Å²) in [5.74, 6) is 0. The van der Waals surface area contributed by atoms with Crippen LogP contribution >= 0.6 is 0 Å². The fourth-order valence-electron chi connectivity index (χ4n) is 0. The van der Waals surface area contributed by atoms with Crippen LogP contribution in [0.15, 0.2) is 0 Å². The van der Waals surface area contributed by atoms with Crippen molar-refractivity contribution in [2.75, 3.05) is 6.61 Å². The van der Waals surface area contributed by atoms with Gasteiger partial charge in [0.25, 0.3) is 0 Å². The van der Waals surface area contributed by atoms with Crippen molar-refractivity contribution in [1.29, 1.82) is 0 Å². The summed E-state index contributed by atoms with van der Waals surface area (Å²) >= 11 is 0. The van der Waals surface area contributed by atoms with E-state index in [4.69, 9.17) is 5.11 Å². The first-order valence-electron chi connectivity index (χ1n) is 1.02. The molecule has 0 aromatic carbocycles. The molecule has 0 aromatic rings. The predicted octanol–water partition coefficient (Wildman–Crippen LogP) is -0.00390. The van der Waals surface area contributed by atoms with Crippen LogP contribution in [-0.4, -0.2) is 11.7 Å². The monoisotopic (exact) mass is 94.0 g/mol. The summed E-state index contributed by atoms with van der Waals surface area (Å²) in [7, 11) is 0. The van der Waals surface area contributed by atoms with Crippen molar-refractivity contribution < 1.29 is 26.8 Å². The van der Waals surface area contributed by atoms with E-state index in [9.17, 15) is 0 Å². The van der Waals surface area contributed by atoms with E-state index >= 15 is 0 Å². The van der Waals surface area contributed by atoms with Crippen LogP contribution < -0.4 is 0 Å². The van der Waals surface area contributed by atoms with Gasteiger partial charge in [-0.3, -0.25) is 0 Å². The van der Waals surface area contributed by atoms with E-state index in [1.807, 2.05) is 0 Å². The summed E-state index contributed by atoms with van der Waals surface area (Å²) in [4.78, 5) is 0. The summed E-state index contributed by atoms with van der Waals surface area (Å²) in [6.07, 6.45) is 0. The average Bonchev–Trinajstić information content (AvgIpc) is 0.918. The van der Waals surface area contributed by atoms with Gasteiger partial charge in [0, 0.05) is 28.3 Å². The molecule has 1 nitrogen and oxygen atoms in total. The van der Waals surface area contributed by atoms with Gasteiger partial charge in [-0.2, -0.15) is 0 Å². The third kappa shape index (κ3) is 16.5. The van der Waals surface area contributed by atoms with Gasteiger partial charge in [0.15, 0.2) is 0 Å². The quantitative estimate of drug-likeness (QED) is 0.418. The van der Waals surface area contributed by atoms with Crippen molar-refractivity contribution in [1.82, 2.24) is 0 Å². The van der Waals surface area contributed by atoms with Gasteiger partial charge in [-0.05, 0) is 6.92 Å². The molecule has 4 heavy (non-hydrogen) atoms. The van der Waals surface area contributed by atoms with Gasteiger partial charge < -0.3 is 5.11 Å². The van der Waals surface area contributed by atoms with Crippen molar-refractivity contribution in [3.8, 4) is 0 Å². The largest absolute Gasteiger partial charge is 0.397 e. The van der Waals surface area contributed by atoms with Gasteiger partial charge in [0.2, 0.25) is 0 Å². The number of aliphatic hydroxyl groups excluding tert-OH is 1. The molecule has 0 unspecified atom stereocenters. The van der Waals surface area contributed by atoms with Crippen LogP contribution in [0.2, 0.25) is 0 Å². The van der Waals surface area contributed by atoms with Gasteiger partial charge in [0.05, 0.1) is 0 Å². The minimum atomic E-state index is 0. The Labute approximate surface area is 40.9 Å². The van der Waals surface area contributed by atoms with Crippen LogP contribution in [0, 0.1) is 0 Å². The molecule has 0 spiro atoms. The van der Waals surface area contributed by atoms with Crippen LogP contribution in [0.3, 0.4) is 0 Å². The zero-order chi connectivity index (χ0) is 2.71. The smallest absolute Gasteiger partial charge is 0.0402 e. The molecule has 0 rings (SSSR count). The molecule has 2 heteroatoms. The zero-order valence-corrected chi connectivity index (χ0v) is 4.22. The first-order chi connectivity index (χ1) is 1.41. The Morgan fingerprint density at radius 3 is 1.75 bits per heavy atom. The molecule has 24 valence electrons. The van der Waals surface area contributed by atoms with Crippen LogP contribution in [0.1, 0.15) is 6.92 Å². The van der Waals surface area contributed by atoms with Gasteiger partial charge >= 0.3 is 0 Å². The Kier molecular flexibility index (Phi) is 20.7. The Morgan fingerprint density at radius 2 is 1.75 bits per heavy atom. The second-order valence-corrected chi connectivity index (χ2v) is 0.316. The van der Waals surface area contributed by atoms with E-state index < -0.39 is 0 Å². The van der Waals surface area contributed by atoms with Crippen LogP contribution in [-0.2, 0) is 21.7 Å². The number of aliphatic hydroxyl groups is 1. The molecule has 0 atom stereocenters. The van der Waals surface area contributed by atoms with Crippen LogP contribution in [0.5, 0.6) is 0 Å². The molecule has 0 amide bonds. The van der Waals surface area contributed by atoms with E-state index in [-0.39, 0.29) is 28.3 Å². The third-order valence-corrected chi connectivity index (χ3v) is 0. The molecular weight excluding hydrogens is 87.9 g/mol. The molecule has 0 bridgehead atoms. The fraction of sp³-hybridized carbons (Fsp3) is 1.00. The molecule has 0 aliphatic rings. The van der Waals surface area contributed by atoms with Crippen molar-refractivity contribution in [3.63, 3.8) is 0 Å². The van der Waals surface area contributed by atoms with Crippen molar-refractivity contribution in [3.05, 3.63) is 0 Å². The maximum atomic E-state index is 7.57. The van der Waals surface area contributed by atoms with Gasteiger partial charge in [-0.1, -0.05) is 0 Å². The van der Waals surface area contributed by atoms with E-state index in [0.29, 0.717) is 0 Å². The maximum absolute atomic E-state index is 7.57. The van der Waals surface area contributed by atoms with Crippen molar-refractivity contribution in [2.45, 2.75) is 6.92 Å². The molecule has 0 aliphatic carbocycles. The van der Waals surface area contributed by atoms with Crippen LogP contribution in [0.4, 0.5) is 0 Å². The summed E-state index contributed by atoms with van der Waals surface area (Å²) in [6, 6.07) is 0. The first kappa shape index (κ1) is 8.82. The Hall–Kier alpha value is 0.674. The number of hydrogen-bond acceptors (Lipinski definition) is 1. The van der Waals surface area contributed by atoms with E-state index in [1.54, 1.807) is 6.92 Å². The van der Waals surface area contributed by atoms with Crippen LogP contribution in [0.25, 0.3) is 0 Å². The molecule has 0 radical (unpaired) electrons. The molecule has 0 fully saturated rings. The van der Waals surface area contributed by atoms with E-state index in [0.717, 1.165) is 0 Å². The second-order valence-electron chi connectivity index (χ2n) is 0.316. The average molecular weight is 93.9 g/mol. The third-order valence-electron chi connectivity index (χ3n) is 0. The summed E-state index contributed by atoms with van der Waals surface area (Å²) in [5, 5.41) is 7.57. The summed E-state index contributed by atoms with van der Waals surface area (Å²) in [6.45, 7) is 1.93. The molecule has 0 aliphatic heterocycles. The predicted molar refractivity (Wildman–Crippen MR) is 12.8 cm³/mol. The van der Waals surface area contributed by atoms with Gasteiger partial charge in [0.1, 0.15) is 0 Å². The van der Waals surface area contributed by atoms with Gasteiger partial charge in [-0.25, -0.2) is 0 Å². The summed E-state index contributed by atoms with van der Waals surface area (Å²) in [5.41, 5.74) is 0. The topological polar surface area (TPSA) is 20.2 Å². The Morgan fingerprint density at radius 1 is 1.75 bits per heavy atom. The Bertz CT molecular complexity index is 6.00. The second kappa shape index (κ2) is 9.37. The van der Waals surface area contributed by atoms with E-state index in [1.165, 1.54) is 0 Å². The molecule has 1 N–H and O–H groups in total. The molecule has 0 saturated heterocycles. The molecule has 0 saturated carbocycles. The molecular formula is C2H6OTi. The van der Waals surface area contributed by atoms with Crippen molar-refractivity contribution >= 4 is 0 Å². The molecule has 0 aromatic heterocycles. The normalized spacial score (nSPS) is 4.50. The van der Waals surface area contributed by atoms with Crippen molar-refractivity contribution in [2.24, 2.45) is 0 Å². The summed E-state index contributed by atoms with van der Waals surface area (Å²) < 4.78 is 0. The minimum absolute atomic E-state index is 0. The number of hydrogen-bond donors (Lipinski definition) is 1. The van der Waals surface area contributed by atoms with E-state index in [2.05, 4.69) is 0 Å². The standard InChI is InChI=1S/C2H6O.Ti/c1-2-3;/h3H,2H2,1H3;. The zero-order valence-electron chi connectivity index (χ0n) is 2.65. The maximum Gasteiger partial charge on any atom is 0.0402 e. The minimum Gasteiger partial charge on any atom is -0.397 e. The SMILES string of the molecule is CCO.[Ti]. The number of rotatable bonds is 0. The molecule has 0 heterocycles.